The summed E-state index contributed by atoms with van der Waals surface area (Å²) in [6, 6.07) is 7.42. The van der Waals surface area contributed by atoms with Crippen LogP contribution in [-0.4, -0.2) is 23.4 Å². The molecule has 0 spiro atoms. The van der Waals surface area contributed by atoms with Gasteiger partial charge in [0.05, 0.1) is 0 Å². The van der Waals surface area contributed by atoms with Crippen molar-refractivity contribution in [1.82, 2.24) is 5.32 Å². The lowest BCUT2D eigenvalue weighted by Crippen LogP contribution is -2.69. The molecule has 4 heteroatoms. The molecule has 114 valence electrons. The van der Waals surface area contributed by atoms with E-state index >= 15 is 0 Å². The summed E-state index contributed by atoms with van der Waals surface area (Å²) in [6.07, 6.45) is 2.02. The van der Waals surface area contributed by atoms with Crippen molar-refractivity contribution < 1.29 is 9.59 Å². The maximum absolute atomic E-state index is 13.0. The number of anilines is 1. The normalized spacial score (nSPS) is 25.9. The highest BCUT2D eigenvalue weighted by Crippen LogP contribution is 2.31. The topological polar surface area (TPSA) is 49.4 Å². The van der Waals surface area contributed by atoms with Crippen molar-refractivity contribution in [2.24, 2.45) is 0 Å². The molecular weight excluding hydrogens is 264 g/mol. The Hall–Kier alpha value is -1.84. The fraction of sp³-hybridized carbons (Fsp3) is 0.529. The first-order valence-electron chi connectivity index (χ1n) is 7.72. The molecule has 1 aliphatic heterocycles. The van der Waals surface area contributed by atoms with Gasteiger partial charge in [0.15, 0.2) is 0 Å². The van der Waals surface area contributed by atoms with Crippen LogP contribution in [0.25, 0.3) is 0 Å². The summed E-state index contributed by atoms with van der Waals surface area (Å²) >= 11 is 0. The van der Waals surface area contributed by atoms with E-state index in [9.17, 15) is 9.59 Å². The lowest BCUT2D eigenvalue weighted by Gasteiger charge is -2.44. The molecule has 0 aromatic heterocycles. The minimum absolute atomic E-state index is 0.0163. The Bertz CT molecular complexity index is 555. The van der Waals surface area contributed by atoms with Gasteiger partial charge >= 0.3 is 0 Å². The van der Waals surface area contributed by atoms with Crippen LogP contribution in [0.5, 0.6) is 0 Å². The van der Waals surface area contributed by atoms with E-state index in [4.69, 9.17) is 0 Å². The minimum atomic E-state index is -0.816. The van der Waals surface area contributed by atoms with Crippen LogP contribution in [-0.2, 0) is 16.0 Å². The van der Waals surface area contributed by atoms with Gasteiger partial charge in [-0.25, -0.2) is 0 Å². The number of hydrogen-bond donors (Lipinski definition) is 1. The minimum Gasteiger partial charge on any atom is -0.340 e. The van der Waals surface area contributed by atoms with E-state index in [0.717, 1.165) is 17.7 Å². The van der Waals surface area contributed by atoms with Crippen LogP contribution in [0.4, 0.5) is 5.69 Å². The van der Waals surface area contributed by atoms with E-state index in [1.165, 1.54) is 0 Å². The van der Waals surface area contributed by atoms with E-state index in [1.54, 1.807) is 11.8 Å². The first-order valence-corrected chi connectivity index (χ1v) is 7.72. The molecule has 1 aromatic rings. The number of benzene rings is 1. The van der Waals surface area contributed by atoms with Gasteiger partial charge in [-0.05, 0) is 37.8 Å². The van der Waals surface area contributed by atoms with Crippen molar-refractivity contribution in [3.8, 4) is 0 Å². The molecule has 2 unspecified atom stereocenters. The van der Waals surface area contributed by atoms with Crippen molar-refractivity contribution in [2.45, 2.75) is 58.5 Å². The molecule has 0 aliphatic carbocycles. The average molecular weight is 288 g/mol. The average Bonchev–Trinajstić information content (AvgIpc) is 2.50. The van der Waals surface area contributed by atoms with E-state index in [-0.39, 0.29) is 11.8 Å². The second-order valence-electron chi connectivity index (χ2n) is 5.76. The summed E-state index contributed by atoms with van der Waals surface area (Å²) in [6.45, 7) is 7.73. The van der Waals surface area contributed by atoms with Gasteiger partial charge in [-0.3, -0.25) is 14.5 Å². The van der Waals surface area contributed by atoms with Crippen molar-refractivity contribution in [1.29, 1.82) is 0 Å². The molecule has 1 fully saturated rings. The first-order chi connectivity index (χ1) is 9.98. The van der Waals surface area contributed by atoms with Gasteiger partial charge in [-0.15, -0.1) is 0 Å². The molecular formula is C17H24N2O2. The number of nitrogens with zero attached hydrogens (tertiary/aromatic N) is 1. The molecule has 2 rings (SSSR count). The largest absolute Gasteiger partial charge is 0.340 e. The summed E-state index contributed by atoms with van der Waals surface area (Å²) < 4.78 is 0. The quantitative estimate of drug-likeness (QED) is 0.926. The Morgan fingerprint density at radius 2 is 1.86 bits per heavy atom. The molecule has 2 atom stereocenters. The van der Waals surface area contributed by atoms with Gasteiger partial charge in [-0.2, -0.15) is 0 Å². The third kappa shape index (κ3) is 2.55. The van der Waals surface area contributed by atoms with Crippen LogP contribution in [0.3, 0.4) is 0 Å². The Balaban J connectivity index is 2.55. The highest BCUT2D eigenvalue weighted by Gasteiger charge is 2.47. The predicted molar refractivity (Wildman–Crippen MR) is 84.2 cm³/mol. The Kier molecular flexibility index (Phi) is 4.35. The first kappa shape index (κ1) is 15.5. The summed E-state index contributed by atoms with van der Waals surface area (Å²) in [7, 11) is 0. The van der Waals surface area contributed by atoms with Crippen molar-refractivity contribution in [3.63, 3.8) is 0 Å². The number of amides is 2. The molecule has 1 N–H and O–H groups in total. The third-order valence-electron chi connectivity index (χ3n) is 4.43. The summed E-state index contributed by atoms with van der Waals surface area (Å²) in [5.74, 6) is -0.0790. The highest BCUT2D eigenvalue weighted by atomic mass is 16.2. The Morgan fingerprint density at radius 1 is 1.19 bits per heavy atom. The second-order valence-corrected chi connectivity index (χ2v) is 5.76. The molecule has 1 saturated heterocycles. The van der Waals surface area contributed by atoms with Crippen LogP contribution in [0.1, 0.15) is 46.1 Å². The summed E-state index contributed by atoms with van der Waals surface area (Å²) in [5.41, 5.74) is 1.15. The van der Waals surface area contributed by atoms with Crippen LogP contribution in [0.15, 0.2) is 24.3 Å². The number of nitrogens with one attached hydrogen (secondary N) is 1. The van der Waals surface area contributed by atoms with Crippen molar-refractivity contribution in [3.05, 3.63) is 29.8 Å². The van der Waals surface area contributed by atoms with Crippen LogP contribution in [0, 0.1) is 0 Å². The molecule has 1 heterocycles. The zero-order valence-electron chi connectivity index (χ0n) is 13.3. The third-order valence-corrected chi connectivity index (χ3v) is 4.43. The van der Waals surface area contributed by atoms with Gasteiger partial charge in [-0.1, -0.05) is 39.0 Å². The lowest BCUT2D eigenvalue weighted by atomic mass is 9.90. The zero-order valence-corrected chi connectivity index (χ0v) is 13.3. The number of piperazine rings is 1. The van der Waals surface area contributed by atoms with E-state index in [1.807, 2.05) is 38.1 Å². The Morgan fingerprint density at radius 3 is 2.43 bits per heavy atom. The van der Waals surface area contributed by atoms with E-state index in [0.29, 0.717) is 12.8 Å². The molecule has 2 amide bonds. The standard InChI is InChI=1S/C17H24N2O2/c1-5-12-10-8-9-11-14(12)19-13(6-2)15(20)18-17(4,7-3)16(19)21/h8-11,13H,5-7H2,1-4H3,(H,18,20). The van der Waals surface area contributed by atoms with Gasteiger partial charge in [0.1, 0.15) is 11.6 Å². The summed E-state index contributed by atoms with van der Waals surface area (Å²) in [5, 5.41) is 2.90. The summed E-state index contributed by atoms with van der Waals surface area (Å²) in [4.78, 5) is 27.1. The molecule has 1 aromatic carbocycles. The van der Waals surface area contributed by atoms with Crippen LogP contribution >= 0.6 is 0 Å². The molecule has 21 heavy (non-hydrogen) atoms. The van der Waals surface area contributed by atoms with Crippen LogP contribution < -0.4 is 10.2 Å². The SMILES string of the molecule is CCc1ccccc1N1C(=O)C(C)(CC)NC(=O)C1CC. The number of carbonyl (C=O) groups is 2. The maximum atomic E-state index is 13.0. The van der Waals surface area contributed by atoms with E-state index in [2.05, 4.69) is 12.2 Å². The van der Waals surface area contributed by atoms with Gasteiger partial charge in [0.25, 0.3) is 5.91 Å². The number of para-hydroxylation sites is 1. The smallest absolute Gasteiger partial charge is 0.253 e. The van der Waals surface area contributed by atoms with Gasteiger partial charge < -0.3 is 5.32 Å². The van der Waals surface area contributed by atoms with E-state index < -0.39 is 11.6 Å². The van der Waals surface area contributed by atoms with Gasteiger partial charge in [0.2, 0.25) is 5.91 Å². The fourth-order valence-electron chi connectivity index (χ4n) is 2.86. The molecule has 4 nitrogen and oxygen atoms in total. The number of hydrogen-bond acceptors (Lipinski definition) is 2. The number of carbonyl (C=O) groups excluding carboxylic acids is 2. The Labute approximate surface area is 126 Å². The monoisotopic (exact) mass is 288 g/mol. The number of rotatable bonds is 4. The van der Waals surface area contributed by atoms with Crippen molar-refractivity contribution in [2.75, 3.05) is 4.90 Å². The molecule has 0 bridgehead atoms. The highest BCUT2D eigenvalue weighted by molar-refractivity contribution is 6.10. The molecule has 0 saturated carbocycles. The van der Waals surface area contributed by atoms with Gasteiger partial charge in [0, 0.05) is 5.69 Å². The molecule has 1 aliphatic rings. The zero-order chi connectivity index (χ0) is 15.6. The van der Waals surface area contributed by atoms with Crippen LogP contribution in [0.2, 0.25) is 0 Å². The second kappa shape index (κ2) is 5.88. The number of aryl methyl sites for hydroxylation is 1. The lowest BCUT2D eigenvalue weighted by molar-refractivity contribution is -0.138. The van der Waals surface area contributed by atoms with Crippen molar-refractivity contribution >= 4 is 17.5 Å². The molecule has 0 radical (unpaired) electrons. The predicted octanol–water partition coefficient (Wildman–Crippen LogP) is 2.66. The maximum Gasteiger partial charge on any atom is 0.253 e. The fourth-order valence-corrected chi connectivity index (χ4v) is 2.86.